The number of methoxy groups -OCH3 is 1. The minimum Gasteiger partial charge on any atom is -0.381 e. The number of rotatable bonds is 5. The standard InChI is InChI=1S/C16H30N2O2/c1-3-18(14-7-5-4-6-8-14)16(19)13-17-11-9-15(20-2)10-12-17/h14-15H,3-13H2,1-2H3. The number of ether oxygens (including phenoxy) is 1. The molecule has 1 aliphatic heterocycles. The Morgan fingerprint density at radius 1 is 1.15 bits per heavy atom. The SMILES string of the molecule is CCN(C(=O)CN1CCC(OC)CC1)C1CCCCC1. The van der Waals surface area contributed by atoms with E-state index in [2.05, 4.69) is 16.7 Å². The lowest BCUT2D eigenvalue weighted by atomic mass is 9.94. The second-order valence-electron chi connectivity index (χ2n) is 6.18. The van der Waals surface area contributed by atoms with Crippen LogP contribution in [0.4, 0.5) is 0 Å². The van der Waals surface area contributed by atoms with Gasteiger partial charge in [0.15, 0.2) is 0 Å². The third kappa shape index (κ3) is 4.19. The van der Waals surface area contributed by atoms with Crippen molar-refractivity contribution in [2.45, 2.75) is 64.0 Å². The van der Waals surface area contributed by atoms with Gasteiger partial charge in [0.2, 0.25) is 5.91 Å². The largest absolute Gasteiger partial charge is 0.381 e. The van der Waals surface area contributed by atoms with E-state index in [4.69, 9.17) is 4.74 Å². The Morgan fingerprint density at radius 2 is 1.80 bits per heavy atom. The smallest absolute Gasteiger partial charge is 0.236 e. The summed E-state index contributed by atoms with van der Waals surface area (Å²) in [5.74, 6) is 0.329. The summed E-state index contributed by atoms with van der Waals surface area (Å²) in [6.45, 7) is 5.56. The van der Waals surface area contributed by atoms with Gasteiger partial charge in [-0.1, -0.05) is 19.3 Å². The van der Waals surface area contributed by atoms with Gasteiger partial charge in [-0.05, 0) is 32.6 Å². The van der Waals surface area contributed by atoms with Gasteiger partial charge in [0, 0.05) is 32.8 Å². The number of nitrogens with zero attached hydrogens (tertiary/aromatic N) is 2. The van der Waals surface area contributed by atoms with Crippen molar-refractivity contribution in [2.24, 2.45) is 0 Å². The van der Waals surface area contributed by atoms with Gasteiger partial charge in [0.05, 0.1) is 12.6 Å². The molecule has 1 amide bonds. The molecule has 2 rings (SSSR count). The number of carbonyl (C=O) groups excluding carboxylic acids is 1. The highest BCUT2D eigenvalue weighted by Gasteiger charge is 2.27. The maximum Gasteiger partial charge on any atom is 0.236 e. The van der Waals surface area contributed by atoms with E-state index in [9.17, 15) is 4.79 Å². The molecule has 4 heteroatoms. The fourth-order valence-corrected chi connectivity index (χ4v) is 3.62. The number of likely N-dealkylation sites (N-methyl/N-ethyl adjacent to an activating group) is 1. The van der Waals surface area contributed by atoms with Crippen LogP contribution in [0.5, 0.6) is 0 Å². The van der Waals surface area contributed by atoms with Crippen molar-refractivity contribution in [1.29, 1.82) is 0 Å². The summed E-state index contributed by atoms with van der Waals surface area (Å²) in [6.07, 6.45) is 8.81. The van der Waals surface area contributed by atoms with Gasteiger partial charge in [0.25, 0.3) is 0 Å². The molecule has 0 aromatic rings. The molecule has 2 fully saturated rings. The van der Waals surface area contributed by atoms with Crippen LogP contribution in [0, 0.1) is 0 Å². The summed E-state index contributed by atoms with van der Waals surface area (Å²) < 4.78 is 5.39. The van der Waals surface area contributed by atoms with E-state index in [0.717, 1.165) is 32.5 Å². The van der Waals surface area contributed by atoms with Crippen molar-refractivity contribution in [1.82, 2.24) is 9.80 Å². The van der Waals surface area contributed by atoms with Crippen LogP contribution in [0.2, 0.25) is 0 Å². The third-order valence-electron chi connectivity index (χ3n) is 4.90. The zero-order valence-corrected chi connectivity index (χ0v) is 13.1. The Labute approximate surface area is 123 Å². The summed E-state index contributed by atoms with van der Waals surface area (Å²) >= 11 is 0. The molecule has 0 spiro atoms. The van der Waals surface area contributed by atoms with E-state index in [-0.39, 0.29) is 0 Å². The fraction of sp³-hybridized carbons (Fsp3) is 0.938. The van der Waals surface area contributed by atoms with Crippen LogP contribution in [-0.2, 0) is 9.53 Å². The van der Waals surface area contributed by atoms with Crippen molar-refractivity contribution in [3.8, 4) is 0 Å². The first-order chi connectivity index (χ1) is 9.74. The zero-order valence-electron chi connectivity index (χ0n) is 13.1. The van der Waals surface area contributed by atoms with E-state index in [1.807, 2.05) is 0 Å². The lowest BCUT2D eigenvalue weighted by molar-refractivity contribution is -0.135. The van der Waals surface area contributed by atoms with Gasteiger partial charge in [-0.15, -0.1) is 0 Å². The number of amides is 1. The summed E-state index contributed by atoms with van der Waals surface area (Å²) in [6, 6.07) is 0.498. The maximum atomic E-state index is 12.5. The lowest BCUT2D eigenvalue weighted by Crippen LogP contribution is -2.48. The van der Waals surface area contributed by atoms with Crippen LogP contribution in [-0.4, -0.2) is 61.1 Å². The maximum absolute atomic E-state index is 12.5. The fourth-order valence-electron chi connectivity index (χ4n) is 3.62. The Hall–Kier alpha value is -0.610. The second-order valence-corrected chi connectivity index (χ2v) is 6.18. The van der Waals surface area contributed by atoms with Crippen molar-refractivity contribution in [3.63, 3.8) is 0 Å². The minimum atomic E-state index is 0.329. The molecule has 20 heavy (non-hydrogen) atoms. The quantitative estimate of drug-likeness (QED) is 0.775. The first-order valence-electron chi connectivity index (χ1n) is 8.29. The molecule has 1 heterocycles. The zero-order chi connectivity index (χ0) is 14.4. The predicted octanol–water partition coefficient (Wildman–Crippen LogP) is 2.28. The van der Waals surface area contributed by atoms with Crippen LogP contribution in [0.3, 0.4) is 0 Å². The van der Waals surface area contributed by atoms with Crippen molar-refractivity contribution in [2.75, 3.05) is 33.3 Å². The van der Waals surface area contributed by atoms with Crippen molar-refractivity contribution >= 4 is 5.91 Å². The Bertz CT molecular complexity index is 295. The average molecular weight is 282 g/mol. The van der Waals surface area contributed by atoms with E-state index in [1.54, 1.807) is 7.11 Å². The van der Waals surface area contributed by atoms with Gasteiger partial charge in [-0.2, -0.15) is 0 Å². The highest BCUT2D eigenvalue weighted by atomic mass is 16.5. The molecule has 1 aliphatic carbocycles. The van der Waals surface area contributed by atoms with Gasteiger partial charge >= 0.3 is 0 Å². The molecule has 0 N–H and O–H groups in total. The van der Waals surface area contributed by atoms with Gasteiger partial charge < -0.3 is 9.64 Å². The normalized spacial score (nSPS) is 22.9. The molecule has 1 saturated heterocycles. The number of hydrogen-bond acceptors (Lipinski definition) is 3. The van der Waals surface area contributed by atoms with E-state index in [0.29, 0.717) is 24.6 Å². The topological polar surface area (TPSA) is 32.8 Å². The van der Waals surface area contributed by atoms with E-state index >= 15 is 0 Å². The van der Waals surface area contributed by atoms with Crippen LogP contribution < -0.4 is 0 Å². The molecular formula is C16H30N2O2. The molecular weight excluding hydrogens is 252 g/mol. The second kappa shape index (κ2) is 7.99. The van der Waals surface area contributed by atoms with Crippen LogP contribution in [0.25, 0.3) is 0 Å². The predicted molar refractivity (Wildman–Crippen MR) is 80.7 cm³/mol. The summed E-state index contributed by atoms with van der Waals surface area (Å²) in [5.41, 5.74) is 0. The van der Waals surface area contributed by atoms with E-state index < -0.39 is 0 Å². The third-order valence-corrected chi connectivity index (χ3v) is 4.90. The van der Waals surface area contributed by atoms with E-state index in [1.165, 1.54) is 32.1 Å². The van der Waals surface area contributed by atoms with Gasteiger partial charge in [-0.25, -0.2) is 0 Å². The summed E-state index contributed by atoms with van der Waals surface area (Å²) in [7, 11) is 1.79. The molecule has 1 saturated carbocycles. The molecule has 0 radical (unpaired) electrons. The van der Waals surface area contributed by atoms with Crippen LogP contribution in [0.15, 0.2) is 0 Å². The molecule has 116 valence electrons. The van der Waals surface area contributed by atoms with Crippen molar-refractivity contribution in [3.05, 3.63) is 0 Å². The highest BCUT2D eigenvalue weighted by molar-refractivity contribution is 5.78. The van der Waals surface area contributed by atoms with Gasteiger partial charge in [-0.3, -0.25) is 9.69 Å². The lowest BCUT2D eigenvalue weighted by Gasteiger charge is -2.36. The van der Waals surface area contributed by atoms with Gasteiger partial charge in [0.1, 0.15) is 0 Å². The molecule has 0 aromatic carbocycles. The Balaban J connectivity index is 1.80. The first kappa shape index (κ1) is 15.8. The van der Waals surface area contributed by atoms with Crippen molar-refractivity contribution < 1.29 is 9.53 Å². The van der Waals surface area contributed by atoms with Crippen LogP contribution >= 0.6 is 0 Å². The first-order valence-corrected chi connectivity index (χ1v) is 8.29. The summed E-state index contributed by atoms with van der Waals surface area (Å²) in [5, 5.41) is 0. The number of carbonyl (C=O) groups is 1. The minimum absolute atomic E-state index is 0.329. The Kier molecular flexibility index (Phi) is 6.30. The average Bonchev–Trinajstić information content (AvgIpc) is 2.50. The molecule has 4 nitrogen and oxygen atoms in total. The number of hydrogen-bond donors (Lipinski definition) is 0. The monoisotopic (exact) mass is 282 g/mol. The number of piperidine rings is 1. The molecule has 0 atom stereocenters. The molecule has 0 bridgehead atoms. The molecule has 2 aliphatic rings. The molecule has 0 aromatic heterocycles. The Morgan fingerprint density at radius 3 is 2.35 bits per heavy atom. The van der Waals surface area contributed by atoms with Crippen LogP contribution in [0.1, 0.15) is 51.9 Å². The number of likely N-dealkylation sites (tertiary alicyclic amines) is 1. The molecule has 0 unspecified atom stereocenters. The highest BCUT2D eigenvalue weighted by Crippen LogP contribution is 2.23. The summed E-state index contributed by atoms with van der Waals surface area (Å²) in [4.78, 5) is 17.0.